The first-order valence-electron chi connectivity index (χ1n) is 11.6. The number of ether oxygens (including phenoxy) is 1. The molecule has 0 fully saturated rings. The maximum atomic E-state index is 12.9. The van der Waals surface area contributed by atoms with Crippen LogP contribution in [0, 0.1) is 0 Å². The Kier molecular flexibility index (Phi) is 7.51. The molecule has 0 saturated carbocycles. The number of carbonyl (C=O) groups is 1. The van der Waals surface area contributed by atoms with Crippen molar-refractivity contribution in [2.24, 2.45) is 0 Å². The predicted molar refractivity (Wildman–Crippen MR) is 135 cm³/mol. The second-order valence-electron chi connectivity index (χ2n) is 10.7. The highest BCUT2D eigenvalue weighted by Crippen LogP contribution is 2.38. The van der Waals surface area contributed by atoms with Crippen LogP contribution in [0.2, 0.25) is 5.04 Å². The fourth-order valence-corrected chi connectivity index (χ4v) is 8.98. The van der Waals surface area contributed by atoms with Crippen molar-refractivity contribution in [2.45, 2.75) is 64.4 Å². The summed E-state index contributed by atoms with van der Waals surface area (Å²) < 4.78 is 12.7. The molecule has 5 nitrogen and oxygen atoms in total. The summed E-state index contributed by atoms with van der Waals surface area (Å²) in [5.74, 6) is 0. The van der Waals surface area contributed by atoms with E-state index >= 15 is 0 Å². The molecule has 178 valence electrons. The van der Waals surface area contributed by atoms with Gasteiger partial charge in [-0.2, -0.15) is 0 Å². The highest BCUT2D eigenvalue weighted by Gasteiger charge is 2.51. The molecule has 0 saturated heterocycles. The van der Waals surface area contributed by atoms with E-state index in [0.717, 1.165) is 0 Å². The first-order valence-corrected chi connectivity index (χ1v) is 13.5. The van der Waals surface area contributed by atoms with Gasteiger partial charge in [-0.05, 0) is 36.2 Å². The molecule has 2 aromatic rings. The highest BCUT2D eigenvalue weighted by molar-refractivity contribution is 6.99. The van der Waals surface area contributed by atoms with Gasteiger partial charge >= 0.3 is 6.09 Å². The van der Waals surface area contributed by atoms with Crippen molar-refractivity contribution >= 4 is 24.8 Å². The lowest BCUT2D eigenvalue weighted by Crippen LogP contribution is -2.68. The number of β-amino-alcohol motifs (C(OH)–C–C–N with tert-alkyl or cyclic N) is 1. The van der Waals surface area contributed by atoms with E-state index in [0.29, 0.717) is 6.54 Å². The summed E-state index contributed by atoms with van der Waals surface area (Å²) in [6.45, 7) is 12.7. The van der Waals surface area contributed by atoms with Gasteiger partial charge in [-0.15, -0.1) is 0 Å². The molecule has 1 aliphatic rings. The Morgan fingerprint density at radius 3 is 1.85 bits per heavy atom. The molecule has 1 heterocycles. The van der Waals surface area contributed by atoms with Crippen LogP contribution in [-0.4, -0.2) is 55.3 Å². The molecule has 1 amide bonds. The second kappa shape index (κ2) is 9.83. The molecule has 0 aromatic heterocycles. The average molecular weight is 468 g/mol. The SMILES string of the molecule is CC(C)(C)OC(=O)N1C[C@H](O[Si](c2ccccc2)(c2ccccc2)C(C)(C)C)C=C[C@H](O)C1. The lowest BCUT2D eigenvalue weighted by atomic mass is 10.2. The van der Waals surface area contributed by atoms with Crippen molar-refractivity contribution in [1.82, 2.24) is 4.90 Å². The Morgan fingerprint density at radius 1 is 0.879 bits per heavy atom. The maximum absolute atomic E-state index is 12.9. The van der Waals surface area contributed by atoms with E-state index < -0.39 is 26.1 Å². The fraction of sp³-hybridized carbons (Fsp3) is 0.444. The van der Waals surface area contributed by atoms with Crippen molar-refractivity contribution in [3.05, 3.63) is 72.8 Å². The smallest absolute Gasteiger partial charge is 0.410 e. The van der Waals surface area contributed by atoms with E-state index in [1.807, 2.05) is 39.0 Å². The molecule has 6 heteroatoms. The highest BCUT2D eigenvalue weighted by atomic mass is 28.4. The van der Waals surface area contributed by atoms with Gasteiger partial charge in [0.25, 0.3) is 8.32 Å². The third kappa shape index (κ3) is 5.94. The minimum absolute atomic E-state index is 0.173. The predicted octanol–water partition coefficient (Wildman–Crippen LogP) is 4.10. The van der Waals surface area contributed by atoms with Gasteiger partial charge < -0.3 is 19.2 Å². The summed E-state index contributed by atoms with van der Waals surface area (Å²) in [7, 11) is -2.80. The van der Waals surface area contributed by atoms with Crippen molar-refractivity contribution < 1.29 is 19.1 Å². The molecule has 3 rings (SSSR count). The average Bonchev–Trinajstić information content (AvgIpc) is 2.92. The molecule has 1 aliphatic heterocycles. The quantitative estimate of drug-likeness (QED) is 0.543. The zero-order valence-corrected chi connectivity index (χ0v) is 21.6. The van der Waals surface area contributed by atoms with Crippen molar-refractivity contribution in [1.29, 1.82) is 0 Å². The molecule has 0 unspecified atom stereocenters. The Labute approximate surface area is 199 Å². The molecule has 0 spiro atoms. The number of benzene rings is 2. The van der Waals surface area contributed by atoms with E-state index in [2.05, 4.69) is 69.3 Å². The molecule has 0 aliphatic carbocycles. The first kappa shape index (κ1) is 25.2. The molecule has 2 aromatic carbocycles. The van der Waals surface area contributed by atoms with Crippen molar-refractivity contribution in [2.75, 3.05) is 13.1 Å². The van der Waals surface area contributed by atoms with Crippen LogP contribution < -0.4 is 10.4 Å². The summed E-state index contributed by atoms with van der Waals surface area (Å²) in [5.41, 5.74) is -0.615. The molecule has 1 N–H and O–H groups in total. The van der Waals surface area contributed by atoms with Crippen LogP contribution in [0.3, 0.4) is 0 Å². The van der Waals surface area contributed by atoms with Crippen molar-refractivity contribution in [3.63, 3.8) is 0 Å². The number of amides is 1. The summed E-state index contributed by atoms with van der Waals surface area (Å²) >= 11 is 0. The number of nitrogens with zero attached hydrogens (tertiary/aromatic N) is 1. The van der Waals surface area contributed by atoms with E-state index in [1.165, 1.54) is 10.4 Å². The number of rotatable bonds is 4. The summed E-state index contributed by atoms with van der Waals surface area (Å²) in [6, 6.07) is 20.8. The molecule has 2 atom stereocenters. The third-order valence-electron chi connectivity index (χ3n) is 5.75. The molecule has 33 heavy (non-hydrogen) atoms. The topological polar surface area (TPSA) is 59.0 Å². The normalized spacial score (nSPS) is 19.8. The van der Waals surface area contributed by atoms with Crippen LogP contribution in [0.4, 0.5) is 4.79 Å². The lowest BCUT2D eigenvalue weighted by molar-refractivity contribution is 0.0136. The van der Waals surface area contributed by atoms with Crippen LogP contribution in [0.15, 0.2) is 72.8 Å². The van der Waals surface area contributed by atoms with E-state index in [1.54, 1.807) is 11.0 Å². The number of hydrogen-bond acceptors (Lipinski definition) is 4. The summed E-state index contributed by atoms with van der Waals surface area (Å²) in [6.07, 6.45) is 2.02. The number of carbonyl (C=O) groups excluding carboxylic acids is 1. The standard InChI is InChI=1S/C27H37NO4Si/c1-26(2,3)31-25(30)28-19-21(29)17-18-22(20-28)32-33(27(4,5)6,23-13-9-7-10-14-23)24-15-11-8-12-16-24/h7-18,21-22,29H,19-20H2,1-6H3/t21-,22+/m0/s1. The first-order chi connectivity index (χ1) is 15.4. The molecular weight excluding hydrogens is 430 g/mol. The van der Waals surface area contributed by atoms with E-state index in [4.69, 9.17) is 9.16 Å². The Hall–Kier alpha value is -2.41. The largest absolute Gasteiger partial charge is 0.444 e. The Balaban J connectivity index is 2.05. The Bertz CT molecular complexity index is 908. The van der Waals surface area contributed by atoms with Crippen LogP contribution in [0.5, 0.6) is 0 Å². The van der Waals surface area contributed by atoms with E-state index in [9.17, 15) is 9.90 Å². The zero-order valence-electron chi connectivity index (χ0n) is 20.6. The molecular formula is C27H37NO4Si. The summed E-state index contributed by atoms with van der Waals surface area (Å²) in [4.78, 5) is 14.4. The van der Waals surface area contributed by atoms with Gasteiger partial charge in [-0.1, -0.05) is 93.6 Å². The van der Waals surface area contributed by atoms with Gasteiger partial charge in [0.2, 0.25) is 0 Å². The minimum Gasteiger partial charge on any atom is -0.444 e. The minimum atomic E-state index is -2.80. The van der Waals surface area contributed by atoms with Crippen LogP contribution in [0.25, 0.3) is 0 Å². The molecule has 0 radical (unpaired) electrons. The number of hydrogen-bond donors (Lipinski definition) is 1. The van der Waals surface area contributed by atoms with Crippen LogP contribution in [-0.2, 0) is 9.16 Å². The van der Waals surface area contributed by atoms with E-state index in [-0.39, 0.29) is 17.7 Å². The van der Waals surface area contributed by atoms with Gasteiger partial charge in [0.1, 0.15) is 5.60 Å². The second-order valence-corrected chi connectivity index (χ2v) is 14.9. The monoisotopic (exact) mass is 467 g/mol. The van der Waals surface area contributed by atoms with Gasteiger partial charge in [0, 0.05) is 0 Å². The van der Waals surface area contributed by atoms with Crippen LogP contribution >= 0.6 is 0 Å². The summed E-state index contributed by atoms with van der Waals surface area (Å²) in [5, 5.41) is 12.6. The van der Waals surface area contributed by atoms with Gasteiger partial charge in [-0.3, -0.25) is 0 Å². The number of aliphatic hydroxyl groups is 1. The lowest BCUT2D eigenvalue weighted by Gasteiger charge is -2.45. The number of aliphatic hydroxyl groups excluding tert-OH is 1. The van der Waals surface area contributed by atoms with Gasteiger partial charge in [-0.25, -0.2) is 4.79 Å². The third-order valence-corrected chi connectivity index (χ3v) is 10.8. The molecule has 0 bridgehead atoms. The zero-order chi connectivity index (χ0) is 24.3. The van der Waals surface area contributed by atoms with Crippen LogP contribution in [0.1, 0.15) is 41.5 Å². The van der Waals surface area contributed by atoms with Gasteiger partial charge in [0.05, 0.1) is 25.3 Å². The Morgan fingerprint density at radius 2 is 1.39 bits per heavy atom. The fourth-order valence-electron chi connectivity index (χ4n) is 4.36. The van der Waals surface area contributed by atoms with Gasteiger partial charge in [0.15, 0.2) is 0 Å². The van der Waals surface area contributed by atoms with Crippen molar-refractivity contribution in [3.8, 4) is 0 Å². The maximum Gasteiger partial charge on any atom is 0.410 e.